The highest BCUT2D eigenvalue weighted by molar-refractivity contribution is 5.61. The molecule has 0 aliphatic heterocycles. The molecule has 2 aliphatic carbocycles. The van der Waals surface area contributed by atoms with Gasteiger partial charge in [-0.05, 0) is 31.1 Å². The second-order valence-electron chi connectivity index (χ2n) is 5.26. The molecule has 2 fully saturated rings. The van der Waals surface area contributed by atoms with Gasteiger partial charge in [0.05, 0.1) is 12.0 Å². The van der Waals surface area contributed by atoms with Gasteiger partial charge in [0.15, 0.2) is 0 Å². The minimum atomic E-state index is -0.492. The summed E-state index contributed by atoms with van der Waals surface area (Å²) in [5.74, 6) is 1.66. The van der Waals surface area contributed by atoms with Crippen molar-refractivity contribution in [2.45, 2.75) is 31.7 Å². The second kappa shape index (κ2) is 4.64. The number of nitrogens with one attached hydrogen (secondary N) is 1. The van der Waals surface area contributed by atoms with Crippen LogP contribution in [0.5, 0.6) is 5.88 Å². The number of nitrogens with zero attached hydrogens (tertiary/aromatic N) is 3. The van der Waals surface area contributed by atoms with Crippen molar-refractivity contribution in [3.05, 3.63) is 16.4 Å². The van der Waals surface area contributed by atoms with E-state index in [-0.39, 0.29) is 23.4 Å². The van der Waals surface area contributed by atoms with Crippen LogP contribution in [-0.4, -0.2) is 28.0 Å². The number of nitro groups is 1. The van der Waals surface area contributed by atoms with Crippen LogP contribution in [0.3, 0.4) is 0 Å². The lowest BCUT2D eigenvalue weighted by Gasteiger charge is -2.23. The van der Waals surface area contributed by atoms with E-state index in [1.807, 2.05) is 0 Å². The summed E-state index contributed by atoms with van der Waals surface area (Å²) in [5, 5.41) is 14.4. The van der Waals surface area contributed by atoms with E-state index in [1.165, 1.54) is 32.7 Å². The maximum Gasteiger partial charge on any atom is 0.372 e. The Bertz CT molecular complexity index is 508. The predicted molar refractivity (Wildman–Crippen MR) is 68.1 cm³/mol. The third-order valence-corrected chi connectivity index (χ3v) is 4.22. The van der Waals surface area contributed by atoms with Gasteiger partial charge in [0.2, 0.25) is 5.82 Å². The van der Waals surface area contributed by atoms with Crippen molar-refractivity contribution in [1.82, 2.24) is 9.97 Å². The van der Waals surface area contributed by atoms with Crippen LogP contribution in [0.25, 0.3) is 0 Å². The number of methoxy groups -OCH3 is 1. The molecule has 3 atom stereocenters. The highest BCUT2D eigenvalue weighted by atomic mass is 16.6. The van der Waals surface area contributed by atoms with E-state index in [4.69, 9.17) is 4.74 Å². The van der Waals surface area contributed by atoms with Gasteiger partial charge in [-0.3, -0.25) is 10.1 Å². The van der Waals surface area contributed by atoms with Crippen molar-refractivity contribution in [1.29, 1.82) is 0 Å². The van der Waals surface area contributed by atoms with Gasteiger partial charge in [0, 0.05) is 6.04 Å². The molecule has 1 N–H and O–H groups in total. The van der Waals surface area contributed by atoms with Crippen LogP contribution in [0.2, 0.25) is 0 Å². The molecule has 3 rings (SSSR count). The summed E-state index contributed by atoms with van der Waals surface area (Å²) < 4.78 is 4.94. The average Bonchev–Trinajstić information content (AvgIpc) is 3.00. The van der Waals surface area contributed by atoms with Crippen molar-refractivity contribution in [3.8, 4) is 5.88 Å². The topological polar surface area (TPSA) is 90.2 Å². The van der Waals surface area contributed by atoms with Gasteiger partial charge in [0.1, 0.15) is 6.33 Å². The van der Waals surface area contributed by atoms with Crippen LogP contribution in [0, 0.1) is 22.0 Å². The molecule has 7 heteroatoms. The number of ether oxygens (including phenoxy) is 1. The zero-order valence-corrected chi connectivity index (χ0v) is 10.7. The molecule has 0 amide bonds. The van der Waals surface area contributed by atoms with E-state index < -0.39 is 4.92 Å². The van der Waals surface area contributed by atoms with Crippen molar-refractivity contribution >= 4 is 11.5 Å². The molecule has 3 unspecified atom stereocenters. The largest absolute Gasteiger partial charge is 0.476 e. The molecule has 0 saturated heterocycles. The monoisotopic (exact) mass is 264 g/mol. The quantitative estimate of drug-likeness (QED) is 0.660. The summed E-state index contributed by atoms with van der Waals surface area (Å²) in [6.07, 6.45) is 6.10. The first-order valence-corrected chi connectivity index (χ1v) is 6.49. The summed E-state index contributed by atoms with van der Waals surface area (Å²) in [5.41, 5.74) is -0.173. The van der Waals surface area contributed by atoms with Crippen LogP contribution in [0.4, 0.5) is 11.5 Å². The van der Waals surface area contributed by atoms with Crippen molar-refractivity contribution < 1.29 is 9.66 Å². The fourth-order valence-corrected chi connectivity index (χ4v) is 3.38. The summed E-state index contributed by atoms with van der Waals surface area (Å²) in [6.45, 7) is 0. The number of hydrogen-bond donors (Lipinski definition) is 1. The Hall–Kier alpha value is -1.92. The van der Waals surface area contributed by atoms with Gasteiger partial charge < -0.3 is 10.1 Å². The molecule has 0 spiro atoms. The van der Waals surface area contributed by atoms with Gasteiger partial charge >= 0.3 is 5.69 Å². The predicted octanol–water partition coefficient (Wildman–Crippen LogP) is 1.99. The molecule has 2 saturated carbocycles. The zero-order valence-electron chi connectivity index (χ0n) is 10.7. The molecule has 1 heterocycles. The maximum absolute atomic E-state index is 11.1. The Labute approximate surface area is 110 Å². The smallest absolute Gasteiger partial charge is 0.372 e. The molecule has 2 aliphatic rings. The molecule has 0 radical (unpaired) electrons. The van der Waals surface area contributed by atoms with E-state index in [1.54, 1.807) is 0 Å². The van der Waals surface area contributed by atoms with E-state index >= 15 is 0 Å². The highest BCUT2D eigenvalue weighted by Crippen LogP contribution is 2.46. The molecule has 1 aromatic heterocycles. The van der Waals surface area contributed by atoms with Gasteiger partial charge in [-0.2, -0.15) is 4.98 Å². The lowest BCUT2D eigenvalue weighted by molar-refractivity contribution is -0.385. The summed E-state index contributed by atoms with van der Waals surface area (Å²) >= 11 is 0. The average molecular weight is 264 g/mol. The van der Waals surface area contributed by atoms with Gasteiger partial charge in [-0.1, -0.05) is 6.42 Å². The van der Waals surface area contributed by atoms with E-state index in [0.717, 1.165) is 12.3 Å². The van der Waals surface area contributed by atoms with Crippen LogP contribution in [0.15, 0.2) is 6.33 Å². The third kappa shape index (κ3) is 2.09. The van der Waals surface area contributed by atoms with Crippen LogP contribution in [0.1, 0.15) is 25.7 Å². The Morgan fingerprint density at radius 2 is 2.26 bits per heavy atom. The molecular formula is C12H16N4O3. The minimum absolute atomic E-state index is 0.00524. The SMILES string of the molecule is COc1ncnc(NC2CC3CCC2C3)c1[N+](=O)[O-]. The number of anilines is 1. The van der Waals surface area contributed by atoms with Crippen molar-refractivity contribution in [3.63, 3.8) is 0 Å². The third-order valence-electron chi connectivity index (χ3n) is 4.22. The first-order valence-electron chi connectivity index (χ1n) is 6.49. The van der Waals surface area contributed by atoms with E-state index in [2.05, 4.69) is 15.3 Å². The molecule has 102 valence electrons. The standard InChI is InChI=1S/C12H16N4O3/c1-19-12-10(16(17)18)11(13-6-14-12)15-9-5-7-2-3-8(9)4-7/h6-9H,2-5H2,1H3,(H,13,14,15). The minimum Gasteiger partial charge on any atom is -0.476 e. The summed E-state index contributed by atoms with van der Waals surface area (Å²) in [6, 6.07) is 0.289. The number of rotatable bonds is 4. The number of hydrogen-bond acceptors (Lipinski definition) is 6. The molecule has 19 heavy (non-hydrogen) atoms. The molecule has 0 aromatic carbocycles. The van der Waals surface area contributed by atoms with Crippen LogP contribution in [-0.2, 0) is 0 Å². The Morgan fingerprint density at radius 3 is 2.84 bits per heavy atom. The Balaban J connectivity index is 1.86. The summed E-state index contributed by atoms with van der Waals surface area (Å²) in [7, 11) is 1.37. The molecule has 1 aromatic rings. The number of aromatic nitrogens is 2. The van der Waals surface area contributed by atoms with Crippen molar-refractivity contribution in [2.24, 2.45) is 11.8 Å². The van der Waals surface area contributed by atoms with E-state index in [9.17, 15) is 10.1 Å². The zero-order chi connectivity index (χ0) is 13.4. The van der Waals surface area contributed by atoms with Crippen LogP contribution >= 0.6 is 0 Å². The van der Waals surface area contributed by atoms with Crippen LogP contribution < -0.4 is 10.1 Å². The molecular weight excluding hydrogens is 248 g/mol. The number of fused-ring (bicyclic) bond motifs is 2. The first-order chi connectivity index (χ1) is 9.19. The second-order valence-corrected chi connectivity index (χ2v) is 5.26. The Kier molecular flexibility index (Phi) is 2.96. The Morgan fingerprint density at radius 1 is 1.42 bits per heavy atom. The van der Waals surface area contributed by atoms with Gasteiger partial charge in [-0.15, -0.1) is 0 Å². The maximum atomic E-state index is 11.1. The van der Waals surface area contributed by atoms with Gasteiger partial charge in [0.25, 0.3) is 5.88 Å². The highest BCUT2D eigenvalue weighted by Gasteiger charge is 2.40. The lowest BCUT2D eigenvalue weighted by Crippen LogP contribution is -2.26. The lowest BCUT2D eigenvalue weighted by atomic mass is 9.95. The normalized spacial score (nSPS) is 28.4. The molecule has 2 bridgehead atoms. The first kappa shape index (κ1) is 12.1. The fraction of sp³-hybridized carbons (Fsp3) is 0.667. The summed E-state index contributed by atoms with van der Waals surface area (Å²) in [4.78, 5) is 18.4. The molecule has 7 nitrogen and oxygen atoms in total. The van der Waals surface area contributed by atoms with E-state index in [0.29, 0.717) is 5.92 Å². The fourth-order valence-electron chi connectivity index (χ4n) is 3.38. The van der Waals surface area contributed by atoms with Gasteiger partial charge in [-0.25, -0.2) is 4.98 Å². The van der Waals surface area contributed by atoms with Crippen molar-refractivity contribution in [2.75, 3.05) is 12.4 Å².